The van der Waals surface area contributed by atoms with E-state index in [9.17, 15) is 14.3 Å². The highest BCUT2D eigenvalue weighted by Gasteiger charge is 2.28. The molecule has 1 N–H and O–H groups in total. The van der Waals surface area contributed by atoms with Crippen LogP contribution in [0.15, 0.2) is 6.07 Å². The van der Waals surface area contributed by atoms with Gasteiger partial charge in [-0.1, -0.05) is 11.6 Å². The van der Waals surface area contributed by atoms with Crippen molar-refractivity contribution in [2.75, 3.05) is 13.7 Å². The largest absolute Gasteiger partial charge is 0.496 e. The normalized spacial score (nSPS) is 12.1. The van der Waals surface area contributed by atoms with Gasteiger partial charge in [-0.2, -0.15) is 0 Å². The van der Waals surface area contributed by atoms with Crippen LogP contribution in [-0.4, -0.2) is 24.8 Å². The molecular weight excluding hydrogens is 263 g/mol. The third kappa shape index (κ3) is 2.73. The predicted molar refractivity (Wildman–Crippen MR) is 64.3 cm³/mol. The molecule has 0 spiro atoms. The van der Waals surface area contributed by atoms with Crippen LogP contribution in [0.5, 0.6) is 5.75 Å². The first kappa shape index (κ1) is 14.7. The summed E-state index contributed by atoms with van der Waals surface area (Å²) >= 11 is 5.77. The highest BCUT2D eigenvalue weighted by molar-refractivity contribution is 6.32. The Morgan fingerprint density at radius 2 is 2.22 bits per heavy atom. The van der Waals surface area contributed by atoms with Crippen molar-refractivity contribution >= 4 is 17.6 Å². The number of aliphatic hydroxyl groups excluding tert-OH is 1. The van der Waals surface area contributed by atoms with Gasteiger partial charge in [0.1, 0.15) is 11.6 Å². The molecule has 0 aliphatic rings. The Labute approximate surface area is 109 Å². The summed E-state index contributed by atoms with van der Waals surface area (Å²) in [5.74, 6) is -1.46. The van der Waals surface area contributed by atoms with Crippen LogP contribution in [0.4, 0.5) is 4.39 Å². The number of ether oxygens (including phenoxy) is 2. The van der Waals surface area contributed by atoms with E-state index in [4.69, 9.17) is 16.3 Å². The lowest BCUT2D eigenvalue weighted by atomic mass is 10.0. The van der Waals surface area contributed by atoms with Gasteiger partial charge in [0.25, 0.3) is 0 Å². The molecule has 0 bridgehead atoms. The molecule has 0 aromatic heterocycles. The van der Waals surface area contributed by atoms with Crippen LogP contribution in [0.25, 0.3) is 0 Å². The van der Waals surface area contributed by atoms with Crippen LogP contribution in [0.2, 0.25) is 5.02 Å². The molecule has 0 aliphatic carbocycles. The number of aryl methyl sites for hydroxylation is 1. The first-order chi connectivity index (χ1) is 8.43. The Morgan fingerprint density at radius 1 is 1.61 bits per heavy atom. The molecule has 0 aliphatic heterocycles. The maximum absolute atomic E-state index is 13.5. The lowest BCUT2D eigenvalue weighted by Gasteiger charge is -2.17. The second kappa shape index (κ2) is 6.02. The molecule has 0 heterocycles. The fraction of sp³-hybridized carbons (Fsp3) is 0.417. The molecule has 0 saturated carbocycles. The van der Waals surface area contributed by atoms with E-state index < -0.39 is 17.9 Å². The molecule has 0 saturated heterocycles. The number of hydrogen-bond acceptors (Lipinski definition) is 4. The summed E-state index contributed by atoms with van der Waals surface area (Å²) in [4.78, 5) is 11.5. The maximum Gasteiger partial charge on any atom is 0.339 e. The second-order valence-corrected chi connectivity index (χ2v) is 3.97. The van der Waals surface area contributed by atoms with Crippen molar-refractivity contribution in [2.24, 2.45) is 0 Å². The fourth-order valence-corrected chi connectivity index (χ4v) is 1.86. The molecule has 1 rings (SSSR count). The summed E-state index contributed by atoms with van der Waals surface area (Å²) in [7, 11) is 1.35. The van der Waals surface area contributed by atoms with Gasteiger partial charge in [-0.15, -0.1) is 0 Å². The molecule has 1 unspecified atom stereocenters. The van der Waals surface area contributed by atoms with Crippen LogP contribution in [0.3, 0.4) is 0 Å². The van der Waals surface area contributed by atoms with E-state index >= 15 is 0 Å². The number of rotatable bonds is 4. The van der Waals surface area contributed by atoms with Gasteiger partial charge in [-0.3, -0.25) is 0 Å². The van der Waals surface area contributed by atoms with Crippen LogP contribution in [0.1, 0.15) is 24.2 Å². The van der Waals surface area contributed by atoms with E-state index in [0.717, 1.165) is 0 Å². The predicted octanol–water partition coefficient (Wildman–Crippen LogP) is 2.39. The minimum atomic E-state index is -1.68. The SMILES string of the molecule is CCOC(=O)C(O)c1c(Cl)c(F)cc(C)c1OC. The van der Waals surface area contributed by atoms with Gasteiger partial charge in [0.2, 0.25) is 0 Å². The second-order valence-electron chi connectivity index (χ2n) is 3.59. The number of hydrogen-bond donors (Lipinski definition) is 1. The molecule has 0 fully saturated rings. The van der Waals surface area contributed by atoms with Crippen LogP contribution >= 0.6 is 11.6 Å². The van der Waals surface area contributed by atoms with E-state index in [0.29, 0.717) is 5.56 Å². The van der Waals surface area contributed by atoms with Gasteiger partial charge in [-0.25, -0.2) is 9.18 Å². The number of esters is 1. The molecule has 100 valence electrons. The zero-order chi connectivity index (χ0) is 13.9. The lowest BCUT2D eigenvalue weighted by Crippen LogP contribution is -2.17. The van der Waals surface area contributed by atoms with E-state index in [1.54, 1.807) is 13.8 Å². The van der Waals surface area contributed by atoms with Gasteiger partial charge >= 0.3 is 5.97 Å². The topological polar surface area (TPSA) is 55.8 Å². The number of carbonyl (C=O) groups excluding carboxylic acids is 1. The molecule has 0 amide bonds. The summed E-state index contributed by atoms with van der Waals surface area (Å²) in [6.45, 7) is 3.28. The van der Waals surface area contributed by atoms with Gasteiger partial charge < -0.3 is 14.6 Å². The van der Waals surface area contributed by atoms with Gasteiger partial charge in [0.15, 0.2) is 6.10 Å². The molecule has 6 heteroatoms. The summed E-state index contributed by atoms with van der Waals surface area (Å²) in [6, 6.07) is 1.17. The third-order valence-corrected chi connectivity index (χ3v) is 2.76. The molecule has 0 radical (unpaired) electrons. The van der Waals surface area contributed by atoms with Crippen molar-refractivity contribution < 1.29 is 23.8 Å². The quantitative estimate of drug-likeness (QED) is 0.858. The fourth-order valence-electron chi connectivity index (χ4n) is 1.61. The van der Waals surface area contributed by atoms with E-state index in [-0.39, 0.29) is 22.9 Å². The minimum absolute atomic E-state index is 0.101. The third-order valence-electron chi connectivity index (χ3n) is 2.38. The summed E-state index contributed by atoms with van der Waals surface area (Å²) in [5, 5.41) is 9.51. The Hall–Kier alpha value is -1.33. The number of carbonyl (C=O) groups is 1. The minimum Gasteiger partial charge on any atom is -0.496 e. The van der Waals surface area contributed by atoms with Crippen molar-refractivity contribution in [2.45, 2.75) is 20.0 Å². The first-order valence-corrected chi connectivity index (χ1v) is 5.69. The maximum atomic E-state index is 13.5. The number of aliphatic hydroxyl groups is 1. The summed E-state index contributed by atoms with van der Waals surface area (Å²) in [6.07, 6.45) is -1.68. The van der Waals surface area contributed by atoms with E-state index in [1.807, 2.05) is 0 Å². The zero-order valence-electron chi connectivity index (χ0n) is 10.3. The van der Waals surface area contributed by atoms with E-state index in [1.165, 1.54) is 13.2 Å². The first-order valence-electron chi connectivity index (χ1n) is 5.31. The Bertz CT molecular complexity index is 462. The zero-order valence-corrected chi connectivity index (χ0v) is 11.0. The summed E-state index contributed by atoms with van der Waals surface area (Å²) < 4.78 is 23.2. The average Bonchev–Trinajstić information content (AvgIpc) is 2.32. The van der Waals surface area contributed by atoms with Gasteiger partial charge in [-0.05, 0) is 25.5 Å². The summed E-state index contributed by atoms with van der Waals surface area (Å²) in [5.41, 5.74) is 0.313. The van der Waals surface area contributed by atoms with Gasteiger partial charge in [0, 0.05) is 0 Å². The molecular formula is C12H14ClFO4. The number of methoxy groups -OCH3 is 1. The van der Waals surface area contributed by atoms with Crippen LogP contribution in [-0.2, 0) is 9.53 Å². The van der Waals surface area contributed by atoms with Crippen molar-refractivity contribution in [1.82, 2.24) is 0 Å². The van der Waals surface area contributed by atoms with Crippen molar-refractivity contribution in [3.63, 3.8) is 0 Å². The van der Waals surface area contributed by atoms with Crippen LogP contribution in [0, 0.1) is 12.7 Å². The molecule has 1 atom stereocenters. The lowest BCUT2D eigenvalue weighted by molar-refractivity contribution is -0.153. The molecule has 4 nitrogen and oxygen atoms in total. The molecule has 1 aromatic rings. The van der Waals surface area contributed by atoms with Crippen LogP contribution < -0.4 is 4.74 Å². The van der Waals surface area contributed by atoms with Crippen molar-refractivity contribution in [1.29, 1.82) is 0 Å². The Morgan fingerprint density at radius 3 is 2.72 bits per heavy atom. The average molecular weight is 277 g/mol. The number of benzene rings is 1. The Kier molecular flexibility index (Phi) is 4.93. The highest BCUT2D eigenvalue weighted by Crippen LogP contribution is 2.37. The van der Waals surface area contributed by atoms with Crippen molar-refractivity contribution in [3.8, 4) is 5.75 Å². The standard InChI is InChI=1S/C12H14ClFO4/c1-4-18-12(16)10(15)8-9(13)7(14)5-6(2)11(8)17-3/h5,10,15H,4H2,1-3H3. The van der Waals surface area contributed by atoms with Gasteiger partial charge in [0.05, 0.1) is 24.3 Å². The Balaban J connectivity index is 3.33. The van der Waals surface area contributed by atoms with Crippen molar-refractivity contribution in [3.05, 3.63) is 28.0 Å². The highest BCUT2D eigenvalue weighted by atomic mass is 35.5. The monoisotopic (exact) mass is 276 g/mol. The van der Waals surface area contributed by atoms with E-state index in [2.05, 4.69) is 4.74 Å². The smallest absolute Gasteiger partial charge is 0.339 e. The molecule has 18 heavy (non-hydrogen) atoms. The molecule has 1 aromatic carbocycles. The number of halogens is 2.